The molecule has 0 aromatic carbocycles. The van der Waals surface area contributed by atoms with E-state index in [0.29, 0.717) is 6.61 Å². The molecule has 0 bridgehead atoms. The number of aromatic nitrogens is 1. The summed E-state index contributed by atoms with van der Waals surface area (Å²) in [6.45, 7) is 2.16. The van der Waals surface area contributed by atoms with E-state index in [9.17, 15) is 4.79 Å². The number of ether oxygens (including phenoxy) is 1. The molecule has 0 aliphatic carbocycles. The minimum absolute atomic E-state index is 0.194. The third-order valence-electron chi connectivity index (χ3n) is 1.80. The van der Waals surface area contributed by atoms with Gasteiger partial charge in [0.15, 0.2) is 0 Å². The van der Waals surface area contributed by atoms with Gasteiger partial charge in [0, 0.05) is 18.4 Å². The van der Waals surface area contributed by atoms with Gasteiger partial charge in [-0.3, -0.25) is 9.78 Å². The van der Waals surface area contributed by atoms with E-state index >= 15 is 0 Å². The Hall–Kier alpha value is -1.42. The second-order valence-electron chi connectivity index (χ2n) is 2.90. The van der Waals surface area contributed by atoms with Crippen molar-refractivity contribution in [1.29, 1.82) is 0 Å². The molecule has 0 fully saturated rings. The fraction of sp³-hybridized carbons (Fsp3) is 0.400. The van der Waals surface area contributed by atoms with Gasteiger partial charge in [-0.25, -0.2) is 0 Å². The molecule has 0 aliphatic rings. The van der Waals surface area contributed by atoms with Crippen LogP contribution < -0.4 is 5.73 Å². The number of pyridine rings is 1. The van der Waals surface area contributed by atoms with Gasteiger partial charge in [0.25, 0.3) is 0 Å². The zero-order valence-corrected chi connectivity index (χ0v) is 8.14. The predicted octanol–water partition coefficient (Wildman–Crippen LogP) is 1.03. The number of hydrogen-bond acceptors (Lipinski definition) is 4. The van der Waals surface area contributed by atoms with Crippen molar-refractivity contribution in [3.05, 3.63) is 30.1 Å². The molecule has 1 unspecified atom stereocenters. The Kier molecular flexibility index (Phi) is 4.07. The van der Waals surface area contributed by atoms with Crippen molar-refractivity contribution >= 4 is 5.97 Å². The topological polar surface area (TPSA) is 65.2 Å². The van der Waals surface area contributed by atoms with E-state index in [1.165, 1.54) is 0 Å². The summed E-state index contributed by atoms with van der Waals surface area (Å²) in [6, 6.07) is 3.31. The second kappa shape index (κ2) is 5.34. The maximum Gasteiger partial charge on any atom is 0.307 e. The molecule has 0 saturated carbocycles. The first-order valence-corrected chi connectivity index (χ1v) is 4.55. The Labute approximate surface area is 83.1 Å². The van der Waals surface area contributed by atoms with Crippen molar-refractivity contribution in [2.45, 2.75) is 19.4 Å². The van der Waals surface area contributed by atoms with Crippen LogP contribution in [-0.4, -0.2) is 17.6 Å². The van der Waals surface area contributed by atoms with Crippen molar-refractivity contribution in [3.8, 4) is 0 Å². The van der Waals surface area contributed by atoms with Crippen LogP contribution >= 0.6 is 0 Å². The van der Waals surface area contributed by atoms with Crippen LogP contribution in [0.1, 0.15) is 24.9 Å². The first kappa shape index (κ1) is 10.7. The number of carbonyl (C=O) groups excluding carboxylic acids is 1. The molecule has 4 heteroatoms. The highest BCUT2D eigenvalue weighted by atomic mass is 16.5. The average Bonchev–Trinajstić information content (AvgIpc) is 2.19. The molecule has 0 radical (unpaired) electrons. The zero-order valence-electron chi connectivity index (χ0n) is 8.14. The molecule has 0 spiro atoms. The Morgan fingerprint density at radius 1 is 1.71 bits per heavy atom. The van der Waals surface area contributed by atoms with E-state index in [0.717, 1.165) is 5.56 Å². The summed E-state index contributed by atoms with van der Waals surface area (Å²) in [7, 11) is 0. The molecule has 76 valence electrons. The van der Waals surface area contributed by atoms with Gasteiger partial charge in [-0.1, -0.05) is 6.07 Å². The summed E-state index contributed by atoms with van der Waals surface area (Å²) in [5.41, 5.74) is 6.63. The third kappa shape index (κ3) is 3.14. The fourth-order valence-corrected chi connectivity index (χ4v) is 1.11. The summed E-state index contributed by atoms with van der Waals surface area (Å²) in [6.07, 6.45) is 3.52. The number of hydrogen-bond donors (Lipinski definition) is 1. The Bertz CT molecular complexity index is 287. The van der Waals surface area contributed by atoms with E-state index in [-0.39, 0.29) is 18.4 Å². The smallest absolute Gasteiger partial charge is 0.307 e. The van der Waals surface area contributed by atoms with Crippen LogP contribution in [0, 0.1) is 0 Å². The zero-order chi connectivity index (χ0) is 10.4. The van der Waals surface area contributed by atoms with E-state index < -0.39 is 0 Å². The third-order valence-corrected chi connectivity index (χ3v) is 1.80. The Morgan fingerprint density at radius 2 is 2.50 bits per heavy atom. The van der Waals surface area contributed by atoms with Gasteiger partial charge in [0.1, 0.15) is 0 Å². The lowest BCUT2D eigenvalue weighted by molar-refractivity contribution is -0.143. The van der Waals surface area contributed by atoms with Gasteiger partial charge in [-0.15, -0.1) is 0 Å². The van der Waals surface area contributed by atoms with Crippen LogP contribution in [0.5, 0.6) is 0 Å². The maximum atomic E-state index is 11.1. The highest BCUT2D eigenvalue weighted by Crippen LogP contribution is 2.12. The van der Waals surface area contributed by atoms with Crippen LogP contribution in [0.2, 0.25) is 0 Å². The van der Waals surface area contributed by atoms with Crippen LogP contribution in [0.4, 0.5) is 0 Å². The van der Waals surface area contributed by atoms with Crippen LogP contribution in [0.15, 0.2) is 24.5 Å². The Morgan fingerprint density at radius 3 is 3.07 bits per heavy atom. The van der Waals surface area contributed by atoms with Crippen molar-refractivity contribution in [2.24, 2.45) is 5.73 Å². The lowest BCUT2D eigenvalue weighted by atomic mass is 10.1. The van der Waals surface area contributed by atoms with Crippen LogP contribution in [0.25, 0.3) is 0 Å². The van der Waals surface area contributed by atoms with Crippen molar-refractivity contribution in [2.75, 3.05) is 6.61 Å². The van der Waals surface area contributed by atoms with Gasteiger partial charge in [0.05, 0.1) is 13.0 Å². The van der Waals surface area contributed by atoms with Gasteiger partial charge < -0.3 is 10.5 Å². The molecule has 14 heavy (non-hydrogen) atoms. The molecule has 1 aromatic heterocycles. The lowest BCUT2D eigenvalue weighted by Gasteiger charge is -2.09. The minimum Gasteiger partial charge on any atom is -0.466 e. The SMILES string of the molecule is CCOC(=O)CC(N)c1cccnc1. The summed E-state index contributed by atoms with van der Waals surface area (Å²) in [5, 5.41) is 0. The summed E-state index contributed by atoms with van der Waals surface area (Å²) in [4.78, 5) is 15.0. The molecule has 0 saturated heterocycles. The molecule has 0 amide bonds. The minimum atomic E-state index is -0.331. The van der Waals surface area contributed by atoms with E-state index in [4.69, 9.17) is 10.5 Å². The van der Waals surface area contributed by atoms with Gasteiger partial charge >= 0.3 is 5.97 Å². The molecule has 0 aliphatic heterocycles. The van der Waals surface area contributed by atoms with Crippen molar-refractivity contribution < 1.29 is 9.53 Å². The first-order valence-electron chi connectivity index (χ1n) is 4.55. The fourth-order valence-electron chi connectivity index (χ4n) is 1.11. The highest BCUT2D eigenvalue weighted by molar-refractivity contribution is 5.70. The summed E-state index contributed by atoms with van der Waals surface area (Å²) in [5.74, 6) is -0.274. The van der Waals surface area contributed by atoms with Crippen LogP contribution in [0.3, 0.4) is 0 Å². The number of carbonyl (C=O) groups is 1. The first-order chi connectivity index (χ1) is 6.74. The lowest BCUT2D eigenvalue weighted by Crippen LogP contribution is -2.17. The quantitative estimate of drug-likeness (QED) is 0.727. The standard InChI is InChI=1S/C10H14N2O2/c1-2-14-10(13)6-9(11)8-4-3-5-12-7-8/h3-5,7,9H,2,6,11H2,1H3. The molecule has 1 aromatic rings. The van der Waals surface area contributed by atoms with E-state index in [1.54, 1.807) is 25.4 Å². The number of nitrogens with zero attached hydrogens (tertiary/aromatic N) is 1. The van der Waals surface area contributed by atoms with Gasteiger partial charge in [-0.05, 0) is 18.6 Å². The number of esters is 1. The average molecular weight is 194 g/mol. The molecule has 2 N–H and O–H groups in total. The molecule has 1 heterocycles. The normalized spacial score (nSPS) is 12.1. The van der Waals surface area contributed by atoms with Crippen LogP contribution in [-0.2, 0) is 9.53 Å². The van der Waals surface area contributed by atoms with Gasteiger partial charge in [0.2, 0.25) is 0 Å². The number of rotatable bonds is 4. The monoisotopic (exact) mass is 194 g/mol. The molecule has 4 nitrogen and oxygen atoms in total. The molecule has 1 atom stereocenters. The number of nitrogens with two attached hydrogens (primary N) is 1. The summed E-state index contributed by atoms with van der Waals surface area (Å²) < 4.78 is 4.79. The molecular formula is C10H14N2O2. The van der Waals surface area contributed by atoms with E-state index in [1.807, 2.05) is 6.07 Å². The molecule has 1 rings (SSSR count). The van der Waals surface area contributed by atoms with Gasteiger partial charge in [-0.2, -0.15) is 0 Å². The van der Waals surface area contributed by atoms with E-state index in [2.05, 4.69) is 4.98 Å². The molecular weight excluding hydrogens is 180 g/mol. The maximum absolute atomic E-state index is 11.1. The summed E-state index contributed by atoms with van der Waals surface area (Å²) >= 11 is 0. The second-order valence-corrected chi connectivity index (χ2v) is 2.90. The Balaban J connectivity index is 2.50. The largest absolute Gasteiger partial charge is 0.466 e. The van der Waals surface area contributed by atoms with Crippen molar-refractivity contribution in [3.63, 3.8) is 0 Å². The highest BCUT2D eigenvalue weighted by Gasteiger charge is 2.11. The van der Waals surface area contributed by atoms with Crippen molar-refractivity contribution in [1.82, 2.24) is 4.98 Å². The predicted molar refractivity (Wildman–Crippen MR) is 52.4 cm³/mol.